The van der Waals surface area contributed by atoms with E-state index in [1.807, 2.05) is 24.3 Å². The normalized spacial score (nSPS) is 15.2. The SMILES string of the molecule is O=C(C1Cc2ccccc2C1)N(CCBr)CC(F)(F)F. The second kappa shape index (κ2) is 6.16. The van der Waals surface area contributed by atoms with Crippen molar-refractivity contribution < 1.29 is 18.0 Å². The van der Waals surface area contributed by atoms with Crippen molar-refractivity contribution in [3.8, 4) is 0 Å². The van der Waals surface area contributed by atoms with Gasteiger partial charge in [0, 0.05) is 17.8 Å². The average molecular weight is 350 g/mol. The number of carbonyl (C=O) groups is 1. The molecule has 1 amide bonds. The van der Waals surface area contributed by atoms with Crippen molar-refractivity contribution in [2.24, 2.45) is 5.92 Å². The molecule has 0 unspecified atom stereocenters. The summed E-state index contributed by atoms with van der Waals surface area (Å²) in [6.45, 7) is -1.10. The minimum atomic E-state index is -4.36. The standard InChI is InChI=1S/C14H15BrF3NO/c15-5-6-19(9-14(16,17)18)13(20)12-7-10-3-1-2-4-11(10)8-12/h1-4,12H,5-9H2. The third-order valence-corrected chi connectivity index (χ3v) is 3.79. The lowest BCUT2D eigenvalue weighted by molar-refractivity contribution is -0.163. The van der Waals surface area contributed by atoms with Crippen molar-refractivity contribution in [3.63, 3.8) is 0 Å². The summed E-state index contributed by atoms with van der Waals surface area (Å²) in [4.78, 5) is 13.2. The number of fused-ring (bicyclic) bond motifs is 1. The summed E-state index contributed by atoms with van der Waals surface area (Å²) in [5.41, 5.74) is 2.13. The van der Waals surface area contributed by atoms with Crippen LogP contribution in [0.25, 0.3) is 0 Å². The molecule has 0 radical (unpaired) electrons. The van der Waals surface area contributed by atoms with Crippen molar-refractivity contribution in [3.05, 3.63) is 35.4 Å². The lowest BCUT2D eigenvalue weighted by Gasteiger charge is -2.25. The molecule has 0 heterocycles. The highest BCUT2D eigenvalue weighted by atomic mass is 79.9. The molecular formula is C14H15BrF3NO. The Morgan fingerprint density at radius 2 is 1.80 bits per heavy atom. The molecule has 1 aliphatic carbocycles. The highest BCUT2D eigenvalue weighted by Crippen LogP contribution is 2.28. The van der Waals surface area contributed by atoms with E-state index < -0.39 is 18.6 Å². The van der Waals surface area contributed by atoms with E-state index in [9.17, 15) is 18.0 Å². The smallest absolute Gasteiger partial charge is 0.332 e. The number of alkyl halides is 4. The van der Waals surface area contributed by atoms with Gasteiger partial charge in [0.05, 0.1) is 0 Å². The lowest BCUT2D eigenvalue weighted by atomic mass is 10.0. The van der Waals surface area contributed by atoms with Crippen LogP contribution in [0.3, 0.4) is 0 Å². The fourth-order valence-corrected chi connectivity index (χ4v) is 3.01. The van der Waals surface area contributed by atoms with Crippen LogP contribution in [0.1, 0.15) is 11.1 Å². The summed E-state index contributed by atoms with van der Waals surface area (Å²) in [6.07, 6.45) is -3.29. The summed E-state index contributed by atoms with van der Waals surface area (Å²) < 4.78 is 37.6. The van der Waals surface area contributed by atoms with Crippen molar-refractivity contribution in [1.82, 2.24) is 4.90 Å². The fourth-order valence-electron chi connectivity index (χ4n) is 2.58. The predicted molar refractivity (Wildman–Crippen MR) is 73.8 cm³/mol. The van der Waals surface area contributed by atoms with Crippen molar-refractivity contribution in [1.29, 1.82) is 0 Å². The van der Waals surface area contributed by atoms with E-state index in [2.05, 4.69) is 15.9 Å². The van der Waals surface area contributed by atoms with Gasteiger partial charge in [0.15, 0.2) is 0 Å². The van der Waals surface area contributed by atoms with E-state index in [0.717, 1.165) is 16.0 Å². The Balaban J connectivity index is 2.06. The van der Waals surface area contributed by atoms with Gasteiger partial charge in [-0.3, -0.25) is 4.79 Å². The zero-order chi connectivity index (χ0) is 14.8. The minimum Gasteiger partial charge on any atom is -0.332 e. The molecule has 20 heavy (non-hydrogen) atoms. The van der Waals surface area contributed by atoms with E-state index in [-0.39, 0.29) is 12.5 Å². The minimum absolute atomic E-state index is 0.0746. The van der Waals surface area contributed by atoms with Crippen LogP contribution in [-0.2, 0) is 17.6 Å². The molecule has 0 aliphatic heterocycles. The second-order valence-electron chi connectivity index (χ2n) is 4.94. The van der Waals surface area contributed by atoms with Gasteiger partial charge in [-0.15, -0.1) is 0 Å². The molecule has 1 aromatic rings. The molecule has 6 heteroatoms. The van der Waals surface area contributed by atoms with Crippen LogP contribution in [0.4, 0.5) is 13.2 Å². The van der Waals surface area contributed by atoms with Gasteiger partial charge < -0.3 is 4.90 Å². The number of hydrogen-bond donors (Lipinski definition) is 0. The molecule has 0 aromatic heterocycles. The van der Waals surface area contributed by atoms with Crippen LogP contribution >= 0.6 is 15.9 Å². The molecule has 0 saturated heterocycles. The maximum atomic E-state index is 12.5. The number of rotatable bonds is 4. The molecule has 1 aliphatic rings. The molecule has 110 valence electrons. The molecule has 0 bridgehead atoms. The van der Waals surface area contributed by atoms with Crippen LogP contribution in [0.2, 0.25) is 0 Å². The highest BCUT2D eigenvalue weighted by Gasteiger charge is 2.36. The molecule has 2 rings (SSSR count). The third-order valence-electron chi connectivity index (χ3n) is 3.44. The quantitative estimate of drug-likeness (QED) is 0.764. The maximum Gasteiger partial charge on any atom is 0.406 e. The number of halogens is 4. The molecule has 1 aromatic carbocycles. The molecule has 0 N–H and O–H groups in total. The zero-order valence-corrected chi connectivity index (χ0v) is 12.4. The number of benzene rings is 1. The van der Waals surface area contributed by atoms with Gasteiger partial charge in [0.2, 0.25) is 5.91 Å². The van der Waals surface area contributed by atoms with Gasteiger partial charge in [0.25, 0.3) is 0 Å². The summed E-state index contributed by atoms with van der Waals surface area (Å²) in [6, 6.07) is 7.64. The van der Waals surface area contributed by atoms with Crippen molar-refractivity contribution in [2.45, 2.75) is 19.0 Å². The molecular weight excluding hydrogens is 335 g/mol. The molecule has 2 nitrogen and oxygen atoms in total. The van der Waals surface area contributed by atoms with Crippen LogP contribution in [0.15, 0.2) is 24.3 Å². The third kappa shape index (κ3) is 3.75. The van der Waals surface area contributed by atoms with Crippen LogP contribution in [0, 0.1) is 5.92 Å². The Labute approximate surface area is 124 Å². The number of amides is 1. The molecule has 0 saturated carbocycles. The number of nitrogens with zero attached hydrogens (tertiary/aromatic N) is 1. The molecule has 0 atom stereocenters. The van der Waals surface area contributed by atoms with Gasteiger partial charge >= 0.3 is 6.18 Å². The number of carbonyl (C=O) groups excluding carboxylic acids is 1. The van der Waals surface area contributed by atoms with Crippen molar-refractivity contribution >= 4 is 21.8 Å². The second-order valence-corrected chi connectivity index (χ2v) is 5.73. The van der Waals surface area contributed by atoms with E-state index in [0.29, 0.717) is 18.2 Å². The van der Waals surface area contributed by atoms with Crippen LogP contribution < -0.4 is 0 Å². The lowest BCUT2D eigenvalue weighted by Crippen LogP contribution is -2.43. The van der Waals surface area contributed by atoms with E-state index in [4.69, 9.17) is 0 Å². The predicted octanol–water partition coefficient (Wildman–Crippen LogP) is 3.19. The van der Waals surface area contributed by atoms with Gasteiger partial charge in [-0.1, -0.05) is 40.2 Å². The summed E-state index contributed by atoms with van der Waals surface area (Å²) in [5.74, 6) is -0.772. The Bertz CT molecular complexity index is 465. The first-order chi connectivity index (χ1) is 9.40. The Kier molecular flexibility index (Phi) is 4.73. The number of hydrogen-bond acceptors (Lipinski definition) is 1. The first kappa shape index (κ1) is 15.4. The Hall–Kier alpha value is -1.04. The van der Waals surface area contributed by atoms with Crippen LogP contribution in [-0.4, -0.2) is 35.4 Å². The summed E-state index contributed by atoms with van der Waals surface area (Å²) in [5, 5.41) is 0.342. The van der Waals surface area contributed by atoms with Crippen LogP contribution in [0.5, 0.6) is 0 Å². The molecule has 0 fully saturated rings. The summed E-state index contributed by atoms with van der Waals surface area (Å²) in [7, 11) is 0. The monoisotopic (exact) mass is 349 g/mol. The Morgan fingerprint density at radius 3 is 2.25 bits per heavy atom. The first-order valence-corrected chi connectivity index (χ1v) is 7.51. The van der Waals surface area contributed by atoms with Gasteiger partial charge in [-0.05, 0) is 24.0 Å². The average Bonchev–Trinajstić information content (AvgIpc) is 2.79. The van der Waals surface area contributed by atoms with Gasteiger partial charge in [-0.2, -0.15) is 13.2 Å². The Morgan fingerprint density at radius 1 is 1.25 bits per heavy atom. The first-order valence-electron chi connectivity index (χ1n) is 6.39. The van der Waals surface area contributed by atoms with E-state index >= 15 is 0 Å². The van der Waals surface area contributed by atoms with E-state index in [1.165, 1.54) is 0 Å². The van der Waals surface area contributed by atoms with Gasteiger partial charge in [-0.25, -0.2) is 0 Å². The van der Waals surface area contributed by atoms with Gasteiger partial charge in [0.1, 0.15) is 6.54 Å². The van der Waals surface area contributed by atoms with Crippen molar-refractivity contribution in [2.75, 3.05) is 18.4 Å². The van der Waals surface area contributed by atoms with E-state index in [1.54, 1.807) is 0 Å². The maximum absolute atomic E-state index is 12.5. The highest BCUT2D eigenvalue weighted by molar-refractivity contribution is 9.09. The summed E-state index contributed by atoms with van der Waals surface area (Å²) >= 11 is 3.10. The topological polar surface area (TPSA) is 20.3 Å². The zero-order valence-electron chi connectivity index (χ0n) is 10.8. The fraction of sp³-hybridized carbons (Fsp3) is 0.500. The largest absolute Gasteiger partial charge is 0.406 e. The molecule has 0 spiro atoms.